The van der Waals surface area contributed by atoms with Gasteiger partial charge in [-0.3, -0.25) is 0 Å². The molecule has 0 fully saturated rings. The first-order valence-corrected chi connectivity index (χ1v) is 6.04. The van der Waals surface area contributed by atoms with E-state index in [1.807, 2.05) is 25.1 Å². The number of nitrogens with one attached hydrogen (secondary N) is 2. The normalized spacial score (nSPS) is 10.1. The molecule has 2 rings (SSSR count). The maximum absolute atomic E-state index is 13.6. The first kappa shape index (κ1) is 13.1. The Kier molecular flexibility index (Phi) is 4.18. The van der Waals surface area contributed by atoms with Gasteiger partial charge in [0.05, 0.1) is 7.11 Å². The van der Waals surface area contributed by atoms with Crippen molar-refractivity contribution in [1.29, 1.82) is 0 Å². The molecule has 5 heteroatoms. The van der Waals surface area contributed by atoms with E-state index in [4.69, 9.17) is 4.74 Å². The second-order valence-corrected chi connectivity index (χ2v) is 3.91. The molecule has 2 aromatic rings. The number of hydrogen-bond acceptors (Lipinski definition) is 4. The number of methoxy groups -OCH3 is 1. The van der Waals surface area contributed by atoms with E-state index in [9.17, 15) is 4.39 Å². The largest absolute Gasteiger partial charge is 0.494 e. The van der Waals surface area contributed by atoms with Crippen molar-refractivity contribution in [2.75, 3.05) is 24.3 Å². The average Bonchev–Trinajstić information content (AvgIpc) is 2.40. The van der Waals surface area contributed by atoms with Gasteiger partial charge in [0.1, 0.15) is 11.6 Å². The van der Waals surface area contributed by atoms with Crippen LogP contribution >= 0.6 is 0 Å². The molecule has 0 unspecified atom stereocenters. The highest BCUT2D eigenvalue weighted by molar-refractivity contribution is 5.59. The third kappa shape index (κ3) is 3.34. The van der Waals surface area contributed by atoms with E-state index in [1.54, 1.807) is 12.1 Å². The molecule has 1 aromatic heterocycles. The molecule has 100 valence electrons. The lowest BCUT2D eigenvalue weighted by atomic mass is 10.3. The molecule has 2 N–H and O–H groups in total. The zero-order chi connectivity index (χ0) is 13.7. The number of benzene rings is 1. The van der Waals surface area contributed by atoms with Gasteiger partial charge < -0.3 is 15.4 Å². The maximum atomic E-state index is 13.6. The highest BCUT2D eigenvalue weighted by atomic mass is 19.1. The number of aromatic nitrogens is 1. The summed E-state index contributed by atoms with van der Waals surface area (Å²) in [7, 11) is 1.44. The molecule has 0 saturated heterocycles. The summed E-state index contributed by atoms with van der Waals surface area (Å²) in [6.07, 6.45) is 0. The van der Waals surface area contributed by atoms with E-state index >= 15 is 0 Å². The molecular weight excluding hydrogens is 245 g/mol. The van der Waals surface area contributed by atoms with Crippen molar-refractivity contribution in [2.45, 2.75) is 6.92 Å². The third-order valence-electron chi connectivity index (χ3n) is 2.53. The van der Waals surface area contributed by atoms with Gasteiger partial charge in [0.15, 0.2) is 11.6 Å². The van der Waals surface area contributed by atoms with Gasteiger partial charge in [0.2, 0.25) is 0 Å². The van der Waals surface area contributed by atoms with Crippen LogP contribution in [0.15, 0.2) is 36.4 Å². The van der Waals surface area contributed by atoms with Crippen molar-refractivity contribution in [3.05, 3.63) is 42.2 Å². The Labute approximate surface area is 111 Å². The Bertz CT molecular complexity index is 560. The Hall–Kier alpha value is -2.30. The van der Waals surface area contributed by atoms with Crippen LogP contribution in [0.2, 0.25) is 0 Å². The second kappa shape index (κ2) is 6.04. The number of hydrogen-bond donors (Lipinski definition) is 2. The van der Waals surface area contributed by atoms with E-state index in [1.165, 1.54) is 13.2 Å². The van der Waals surface area contributed by atoms with Crippen LogP contribution in [0, 0.1) is 5.82 Å². The van der Waals surface area contributed by atoms with Crippen LogP contribution in [-0.2, 0) is 0 Å². The smallest absolute Gasteiger partial charge is 0.167 e. The van der Waals surface area contributed by atoms with Gasteiger partial charge in [-0.2, -0.15) is 0 Å². The number of pyridine rings is 1. The predicted molar refractivity (Wildman–Crippen MR) is 74.6 cm³/mol. The summed E-state index contributed by atoms with van der Waals surface area (Å²) in [5.41, 5.74) is 0.624. The zero-order valence-electron chi connectivity index (χ0n) is 10.9. The monoisotopic (exact) mass is 261 g/mol. The van der Waals surface area contributed by atoms with E-state index in [-0.39, 0.29) is 5.75 Å². The summed E-state index contributed by atoms with van der Waals surface area (Å²) >= 11 is 0. The molecule has 0 radical (unpaired) electrons. The minimum atomic E-state index is -0.407. The van der Waals surface area contributed by atoms with Gasteiger partial charge in [-0.1, -0.05) is 6.07 Å². The van der Waals surface area contributed by atoms with Gasteiger partial charge in [-0.25, -0.2) is 9.37 Å². The number of nitrogens with zero attached hydrogens (tertiary/aromatic N) is 1. The molecule has 0 amide bonds. The summed E-state index contributed by atoms with van der Waals surface area (Å²) in [4.78, 5) is 4.35. The molecule has 0 saturated carbocycles. The van der Waals surface area contributed by atoms with Gasteiger partial charge in [-0.05, 0) is 31.2 Å². The van der Waals surface area contributed by atoms with Crippen LogP contribution in [0.3, 0.4) is 0 Å². The summed E-state index contributed by atoms with van der Waals surface area (Å²) in [5.74, 6) is 1.25. The van der Waals surface area contributed by atoms with Gasteiger partial charge >= 0.3 is 0 Å². The quantitative estimate of drug-likeness (QED) is 0.866. The van der Waals surface area contributed by atoms with E-state index < -0.39 is 5.82 Å². The molecule has 0 atom stereocenters. The Morgan fingerprint density at radius 3 is 2.68 bits per heavy atom. The van der Waals surface area contributed by atoms with Gasteiger partial charge in [-0.15, -0.1) is 0 Å². The summed E-state index contributed by atoms with van der Waals surface area (Å²) in [5, 5.41) is 6.17. The SMILES string of the molecule is CCNc1cccc(Nc2ccc(OC)c(F)c2)n1. The summed E-state index contributed by atoms with van der Waals surface area (Å²) in [6.45, 7) is 2.80. The lowest BCUT2D eigenvalue weighted by Gasteiger charge is -2.09. The minimum Gasteiger partial charge on any atom is -0.494 e. The molecule has 0 spiro atoms. The van der Waals surface area contributed by atoms with E-state index in [2.05, 4.69) is 15.6 Å². The molecule has 1 heterocycles. The van der Waals surface area contributed by atoms with Crippen molar-refractivity contribution < 1.29 is 9.13 Å². The Balaban J connectivity index is 2.16. The summed E-state index contributed by atoms with van der Waals surface area (Å²) in [6, 6.07) is 10.3. The summed E-state index contributed by atoms with van der Waals surface area (Å²) < 4.78 is 18.4. The molecule has 19 heavy (non-hydrogen) atoms. The fourth-order valence-corrected chi connectivity index (χ4v) is 1.68. The van der Waals surface area contributed by atoms with Crippen LogP contribution in [0.4, 0.5) is 21.7 Å². The van der Waals surface area contributed by atoms with E-state index in [0.717, 1.165) is 12.4 Å². The predicted octanol–water partition coefficient (Wildman–Crippen LogP) is 3.40. The van der Waals surface area contributed by atoms with Crippen molar-refractivity contribution in [1.82, 2.24) is 4.98 Å². The zero-order valence-corrected chi connectivity index (χ0v) is 10.9. The third-order valence-corrected chi connectivity index (χ3v) is 2.53. The highest BCUT2D eigenvalue weighted by Crippen LogP contribution is 2.23. The number of halogens is 1. The second-order valence-electron chi connectivity index (χ2n) is 3.91. The van der Waals surface area contributed by atoms with Crippen LogP contribution in [0.1, 0.15) is 6.92 Å². The number of rotatable bonds is 5. The topological polar surface area (TPSA) is 46.2 Å². The first-order chi connectivity index (χ1) is 9.22. The minimum absolute atomic E-state index is 0.222. The molecule has 0 bridgehead atoms. The molecule has 0 aliphatic carbocycles. The molecular formula is C14H16FN3O. The molecule has 1 aromatic carbocycles. The number of ether oxygens (including phenoxy) is 1. The van der Waals surface area contributed by atoms with Gasteiger partial charge in [0, 0.05) is 18.3 Å². The fourth-order valence-electron chi connectivity index (χ4n) is 1.68. The van der Waals surface area contributed by atoms with Crippen molar-refractivity contribution in [2.24, 2.45) is 0 Å². The lowest BCUT2D eigenvalue weighted by molar-refractivity contribution is 0.386. The Morgan fingerprint density at radius 2 is 2.00 bits per heavy atom. The molecule has 0 aliphatic rings. The molecule has 0 aliphatic heterocycles. The van der Waals surface area contributed by atoms with Crippen LogP contribution < -0.4 is 15.4 Å². The maximum Gasteiger partial charge on any atom is 0.167 e. The van der Waals surface area contributed by atoms with Crippen molar-refractivity contribution in [3.8, 4) is 5.75 Å². The fraction of sp³-hybridized carbons (Fsp3) is 0.214. The molecule has 4 nitrogen and oxygen atoms in total. The number of anilines is 3. The lowest BCUT2D eigenvalue weighted by Crippen LogP contribution is -2.01. The van der Waals surface area contributed by atoms with Crippen molar-refractivity contribution in [3.63, 3.8) is 0 Å². The Morgan fingerprint density at radius 1 is 1.21 bits per heavy atom. The van der Waals surface area contributed by atoms with Crippen LogP contribution in [-0.4, -0.2) is 18.6 Å². The van der Waals surface area contributed by atoms with Crippen molar-refractivity contribution >= 4 is 17.3 Å². The first-order valence-electron chi connectivity index (χ1n) is 6.04. The average molecular weight is 261 g/mol. The standard InChI is InChI=1S/C14H16FN3O/c1-3-16-13-5-4-6-14(18-13)17-10-7-8-12(19-2)11(15)9-10/h4-9H,3H2,1-2H3,(H2,16,17,18). The van der Waals surface area contributed by atoms with Crippen LogP contribution in [0.25, 0.3) is 0 Å². The van der Waals surface area contributed by atoms with Gasteiger partial charge in [0.25, 0.3) is 0 Å². The van der Waals surface area contributed by atoms with Crippen LogP contribution in [0.5, 0.6) is 5.75 Å². The van der Waals surface area contributed by atoms with E-state index in [0.29, 0.717) is 11.5 Å². The highest BCUT2D eigenvalue weighted by Gasteiger charge is 2.04.